The van der Waals surface area contributed by atoms with Crippen molar-refractivity contribution in [3.05, 3.63) is 28.8 Å². The summed E-state index contributed by atoms with van der Waals surface area (Å²) in [5.41, 5.74) is 0.660. The van der Waals surface area contributed by atoms with Gasteiger partial charge in [0.2, 0.25) is 0 Å². The highest BCUT2D eigenvalue weighted by atomic mass is 35.5. The molecule has 1 atom stereocenters. The average Bonchev–Trinajstić information content (AvgIpc) is 3.08. The van der Waals surface area contributed by atoms with E-state index >= 15 is 0 Å². The van der Waals surface area contributed by atoms with Crippen LogP contribution in [0.5, 0.6) is 5.75 Å². The zero-order valence-electron chi connectivity index (χ0n) is 12.4. The van der Waals surface area contributed by atoms with Gasteiger partial charge < -0.3 is 9.47 Å². The first kappa shape index (κ1) is 14.9. The molecule has 2 aliphatic rings. The van der Waals surface area contributed by atoms with E-state index in [0.717, 1.165) is 12.8 Å². The second-order valence-electron chi connectivity index (χ2n) is 6.18. The predicted octanol–water partition coefficient (Wildman–Crippen LogP) is 4.41. The van der Waals surface area contributed by atoms with Crippen molar-refractivity contribution in [3.63, 3.8) is 0 Å². The second kappa shape index (κ2) is 5.98. The molecule has 0 N–H and O–H groups in total. The van der Waals surface area contributed by atoms with E-state index in [0.29, 0.717) is 22.9 Å². The van der Waals surface area contributed by atoms with Crippen molar-refractivity contribution in [2.24, 2.45) is 0 Å². The van der Waals surface area contributed by atoms with E-state index in [1.165, 1.54) is 32.6 Å². The maximum Gasteiger partial charge on any atom is 0.163 e. The molecule has 0 aromatic heterocycles. The quantitative estimate of drug-likeness (QED) is 0.773. The molecule has 1 spiro atoms. The molecule has 0 amide bonds. The number of ether oxygens (including phenoxy) is 2. The monoisotopic (exact) mass is 308 g/mol. The van der Waals surface area contributed by atoms with Crippen LogP contribution in [0, 0.1) is 0 Å². The van der Waals surface area contributed by atoms with Gasteiger partial charge in [0.25, 0.3) is 0 Å². The standard InChI is InChI=1S/C17H21ClO3/c1-12(19)15-10-13(18)4-5-16(15)20-11-14-6-9-17(21-14)7-2-3-8-17/h4-5,10,14H,2-3,6-9,11H2,1H3. The number of benzene rings is 1. The first-order valence-corrected chi connectivity index (χ1v) is 8.07. The lowest BCUT2D eigenvalue weighted by Crippen LogP contribution is -2.27. The number of carbonyl (C=O) groups is 1. The van der Waals surface area contributed by atoms with Gasteiger partial charge in [-0.05, 0) is 50.8 Å². The molecule has 21 heavy (non-hydrogen) atoms. The first-order valence-electron chi connectivity index (χ1n) is 7.69. The van der Waals surface area contributed by atoms with Crippen molar-refractivity contribution in [2.45, 2.75) is 57.2 Å². The Hall–Kier alpha value is -1.06. The van der Waals surface area contributed by atoms with Crippen LogP contribution in [-0.4, -0.2) is 24.1 Å². The van der Waals surface area contributed by atoms with Crippen LogP contribution in [0.3, 0.4) is 0 Å². The number of Topliss-reactive ketones (excluding diaryl/α,β-unsaturated/α-hetero) is 1. The molecule has 0 radical (unpaired) electrons. The molecule has 0 bridgehead atoms. The number of carbonyl (C=O) groups excluding carboxylic acids is 1. The third-order valence-electron chi connectivity index (χ3n) is 4.60. The highest BCUT2D eigenvalue weighted by Gasteiger charge is 2.42. The summed E-state index contributed by atoms with van der Waals surface area (Å²) in [6.07, 6.45) is 7.24. The van der Waals surface area contributed by atoms with Gasteiger partial charge in [0, 0.05) is 5.02 Å². The molecule has 3 rings (SSSR count). The fourth-order valence-corrected chi connectivity index (χ4v) is 3.66. The summed E-state index contributed by atoms with van der Waals surface area (Å²) in [5, 5.41) is 0.551. The molecule has 1 saturated carbocycles. The predicted molar refractivity (Wildman–Crippen MR) is 82.3 cm³/mol. The Morgan fingerprint density at radius 3 is 2.86 bits per heavy atom. The van der Waals surface area contributed by atoms with E-state index in [1.54, 1.807) is 18.2 Å². The van der Waals surface area contributed by atoms with Gasteiger partial charge in [-0.3, -0.25) is 4.79 Å². The normalized spacial score (nSPS) is 23.6. The van der Waals surface area contributed by atoms with Crippen LogP contribution in [0.4, 0.5) is 0 Å². The Morgan fingerprint density at radius 2 is 2.14 bits per heavy atom. The molecule has 1 aromatic rings. The zero-order valence-corrected chi connectivity index (χ0v) is 13.1. The lowest BCUT2D eigenvalue weighted by atomic mass is 9.98. The van der Waals surface area contributed by atoms with Crippen LogP contribution in [0.2, 0.25) is 5.02 Å². The molecule has 1 heterocycles. The van der Waals surface area contributed by atoms with Gasteiger partial charge in [-0.2, -0.15) is 0 Å². The summed E-state index contributed by atoms with van der Waals surface area (Å²) in [5.74, 6) is 0.565. The van der Waals surface area contributed by atoms with Gasteiger partial charge in [-0.1, -0.05) is 24.4 Å². The van der Waals surface area contributed by atoms with Gasteiger partial charge in [-0.15, -0.1) is 0 Å². The third kappa shape index (κ3) is 3.24. The Kier molecular flexibility index (Phi) is 4.23. The average molecular weight is 309 g/mol. The molecular weight excluding hydrogens is 288 g/mol. The topological polar surface area (TPSA) is 35.5 Å². The van der Waals surface area contributed by atoms with E-state index in [4.69, 9.17) is 21.1 Å². The third-order valence-corrected chi connectivity index (χ3v) is 4.83. The van der Waals surface area contributed by atoms with Crippen LogP contribution in [0.25, 0.3) is 0 Å². The molecule has 1 saturated heterocycles. The number of halogens is 1. The van der Waals surface area contributed by atoms with Gasteiger partial charge in [0.15, 0.2) is 5.78 Å². The Morgan fingerprint density at radius 1 is 1.38 bits per heavy atom. The summed E-state index contributed by atoms with van der Waals surface area (Å²) in [4.78, 5) is 11.6. The van der Waals surface area contributed by atoms with Gasteiger partial charge in [-0.25, -0.2) is 0 Å². The SMILES string of the molecule is CC(=O)c1cc(Cl)ccc1OCC1CCC2(CCCC2)O1. The maximum absolute atomic E-state index is 11.6. The van der Waals surface area contributed by atoms with E-state index in [-0.39, 0.29) is 17.5 Å². The molecule has 2 fully saturated rings. The minimum absolute atomic E-state index is 0.0351. The van der Waals surface area contributed by atoms with E-state index in [1.807, 2.05) is 0 Å². The zero-order chi connectivity index (χ0) is 14.9. The Bertz CT molecular complexity index is 535. The Balaban J connectivity index is 1.62. The largest absolute Gasteiger partial charge is 0.490 e. The minimum atomic E-state index is -0.0351. The number of rotatable bonds is 4. The van der Waals surface area contributed by atoms with Crippen LogP contribution < -0.4 is 4.74 Å². The van der Waals surface area contributed by atoms with Crippen molar-refractivity contribution in [1.29, 1.82) is 0 Å². The molecule has 3 nitrogen and oxygen atoms in total. The Labute approximate surface area is 130 Å². The van der Waals surface area contributed by atoms with Crippen molar-refractivity contribution >= 4 is 17.4 Å². The van der Waals surface area contributed by atoms with Gasteiger partial charge in [0.05, 0.1) is 17.3 Å². The molecule has 1 aliphatic carbocycles. The fourth-order valence-electron chi connectivity index (χ4n) is 3.49. The van der Waals surface area contributed by atoms with Crippen LogP contribution in [0.1, 0.15) is 55.8 Å². The highest BCUT2D eigenvalue weighted by molar-refractivity contribution is 6.31. The maximum atomic E-state index is 11.6. The summed E-state index contributed by atoms with van der Waals surface area (Å²) < 4.78 is 12.1. The molecule has 1 aromatic carbocycles. The van der Waals surface area contributed by atoms with Crippen molar-refractivity contribution in [1.82, 2.24) is 0 Å². The van der Waals surface area contributed by atoms with Crippen molar-refractivity contribution < 1.29 is 14.3 Å². The van der Waals surface area contributed by atoms with Crippen LogP contribution in [0.15, 0.2) is 18.2 Å². The lowest BCUT2D eigenvalue weighted by molar-refractivity contribution is -0.0509. The molecule has 114 valence electrons. The van der Waals surface area contributed by atoms with Crippen molar-refractivity contribution in [2.75, 3.05) is 6.61 Å². The number of ketones is 1. The summed E-state index contributed by atoms with van der Waals surface area (Å²) in [6, 6.07) is 5.17. The van der Waals surface area contributed by atoms with Crippen LogP contribution >= 0.6 is 11.6 Å². The molecular formula is C17H21ClO3. The van der Waals surface area contributed by atoms with Crippen LogP contribution in [-0.2, 0) is 4.74 Å². The van der Waals surface area contributed by atoms with Crippen molar-refractivity contribution in [3.8, 4) is 5.75 Å². The summed E-state index contributed by atoms with van der Waals surface area (Å²) in [6.45, 7) is 2.03. The minimum Gasteiger partial charge on any atom is -0.490 e. The lowest BCUT2D eigenvalue weighted by Gasteiger charge is -2.24. The highest BCUT2D eigenvalue weighted by Crippen LogP contribution is 2.43. The molecule has 1 aliphatic heterocycles. The van der Waals surface area contributed by atoms with Gasteiger partial charge in [0.1, 0.15) is 12.4 Å². The van der Waals surface area contributed by atoms with E-state index < -0.39 is 0 Å². The second-order valence-corrected chi connectivity index (χ2v) is 6.61. The first-order chi connectivity index (χ1) is 10.1. The number of hydrogen-bond donors (Lipinski definition) is 0. The molecule has 1 unspecified atom stereocenters. The summed E-state index contributed by atoms with van der Waals surface area (Å²) >= 11 is 5.94. The van der Waals surface area contributed by atoms with E-state index in [9.17, 15) is 4.79 Å². The van der Waals surface area contributed by atoms with Gasteiger partial charge >= 0.3 is 0 Å². The fraction of sp³-hybridized carbons (Fsp3) is 0.588. The smallest absolute Gasteiger partial charge is 0.163 e. The molecule has 4 heteroatoms. The summed E-state index contributed by atoms with van der Waals surface area (Å²) in [7, 11) is 0. The van der Waals surface area contributed by atoms with E-state index in [2.05, 4.69) is 0 Å². The number of hydrogen-bond acceptors (Lipinski definition) is 3.